The smallest absolute Gasteiger partial charge is 0.144 e. The summed E-state index contributed by atoms with van der Waals surface area (Å²) in [7, 11) is 0. The molecule has 1 aromatic heterocycles. The molecule has 1 heterocycles. The van der Waals surface area contributed by atoms with Gasteiger partial charge >= 0.3 is 0 Å². The van der Waals surface area contributed by atoms with Crippen LogP contribution in [0.2, 0.25) is 0 Å². The standard InChI is InChI=1S/C15H9Br3N2/c16-11-8-12(17)14(13(18)9-11)20-7-6-19-15(20)10-4-2-1-3-5-10/h1-9H. The Morgan fingerprint density at radius 1 is 0.900 bits per heavy atom. The van der Waals surface area contributed by atoms with Gasteiger partial charge in [0.25, 0.3) is 0 Å². The van der Waals surface area contributed by atoms with Crippen molar-refractivity contribution < 1.29 is 0 Å². The van der Waals surface area contributed by atoms with E-state index in [0.29, 0.717) is 0 Å². The third kappa shape index (κ3) is 2.62. The van der Waals surface area contributed by atoms with Gasteiger partial charge in [0.15, 0.2) is 0 Å². The van der Waals surface area contributed by atoms with Crippen molar-refractivity contribution in [1.82, 2.24) is 9.55 Å². The Labute approximate surface area is 142 Å². The van der Waals surface area contributed by atoms with Crippen LogP contribution in [0.25, 0.3) is 17.1 Å². The van der Waals surface area contributed by atoms with Gasteiger partial charge in [-0.1, -0.05) is 46.3 Å². The SMILES string of the molecule is Brc1cc(Br)c(-n2ccnc2-c2ccccc2)c(Br)c1. The minimum absolute atomic E-state index is 0.911. The number of aromatic nitrogens is 2. The number of rotatable bonds is 2. The molecular weight excluding hydrogens is 448 g/mol. The molecule has 0 fully saturated rings. The molecule has 20 heavy (non-hydrogen) atoms. The summed E-state index contributed by atoms with van der Waals surface area (Å²) < 4.78 is 5.07. The normalized spacial score (nSPS) is 10.8. The van der Waals surface area contributed by atoms with Crippen LogP contribution in [0, 0.1) is 0 Å². The molecule has 0 atom stereocenters. The van der Waals surface area contributed by atoms with Crippen molar-refractivity contribution in [3.05, 3.63) is 68.3 Å². The molecule has 0 radical (unpaired) electrons. The van der Waals surface area contributed by atoms with Crippen LogP contribution >= 0.6 is 47.8 Å². The monoisotopic (exact) mass is 454 g/mol. The third-order valence-electron chi connectivity index (χ3n) is 2.90. The number of hydrogen-bond acceptors (Lipinski definition) is 1. The molecule has 0 aliphatic carbocycles. The van der Waals surface area contributed by atoms with E-state index in [1.165, 1.54) is 0 Å². The maximum Gasteiger partial charge on any atom is 0.144 e. The first kappa shape index (κ1) is 14.0. The van der Waals surface area contributed by atoms with E-state index in [4.69, 9.17) is 0 Å². The summed E-state index contributed by atoms with van der Waals surface area (Å²) in [5.41, 5.74) is 2.11. The molecule has 0 N–H and O–H groups in total. The predicted molar refractivity (Wildman–Crippen MR) is 92.1 cm³/mol. The number of nitrogens with zero attached hydrogens (tertiary/aromatic N) is 2. The molecule has 2 aromatic carbocycles. The fourth-order valence-electron chi connectivity index (χ4n) is 2.05. The average molecular weight is 457 g/mol. The van der Waals surface area contributed by atoms with Crippen LogP contribution in [0.4, 0.5) is 0 Å². The van der Waals surface area contributed by atoms with Crippen molar-refractivity contribution in [2.24, 2.45) is 0 Å². The van der Waals surface area contributed by atoms with E-state index in [-0.39, 0.29) is 0 Å². The minimum atomic E-state index is 0.911. The molecule has 0 unspecified atom stereocenters. The lowest BCUT2D eigenvalue weighted by molar-refractivity contribution is 1.05. The van der Waals surface area contributed by atoms with Crippen LogP contribution in [-0.4, -0.2) is 9.55 Å². The van der Waals surface area contributed by atoms with Crippen molar-refractivity contribution in [2.75, 3.05) is 0 Å². The fraction of sp³-hybridized carbons (Fsp3) is 0. The molecule has 0 saturated carbocycles. The van der Waals surface area contributed by atoms with Gasteiger partial charge in [-0.2, -0.15) is 0 Å². The first-order valence-corrected chi connectivity index (χ1v) is 8.28. The van der Waals surface area contributed by atoms with Gasteiger partial charge < -0.3 is 0 Å². The quantitative estimate of drug-likeness (QED) is 0.474. The summed E-state index contributed by atoms with van der Waals surface area (Å²) in [6.45, 7) is 0. The van der Waals surface area contributed by atoms with E-state index in [0.717, 1.165) is 30.5 Å². The van der Waals surface area contributed by atoms with Crippen molar-refractivity contribution in [3.8, 4) is 17.1 Å². The highest BCUT2D eigenvalue weighted by molar-refractivity contribution is 9.11. The van der Waals surface area contributed by atoms with Crippen molar-refractivity contribution in [1.29, 1.82) is 0 Å². The van der Waals surface area contributed by atoms with Crippen LogP contribution in [0.15, 0.2) is 68.3 Å². The Morgan fingerprint density at radius 3 is 2.20 bits per heavy atom. The lowest BCUT2D eigenvalue weighted by Gasteiger charge is -2.12. The Bertz CT molecular complexity index is 728. The molecule has 0 spiro atoms. The van der Waals surface area contributed by atoms with Gasteiger partial charge in [0, 0.05) is 31.4 Å². The van der Waals surface area contributed by atoms with Crippen LogP contribution in [0.1, 0.15) is 0 Å². The zero-order valence-electron chi connectivity index (χ0n) is 10.2. The van der Waals surface area contributed by atoms with Gasteiger partial charge in [-0.15, -0.1) is 0 Å². The van der Waals surface area contributed by atoms with Crippen molar-refractivity contribution in [2.45, 2.75) is 0 Å². The Hall–Kier alpha value is -0.910. The molecule has 0 aliphatic heterocycles. The number of imidazole rings is 1. The number of hydrogen-bond donors (Lipinski definition) is 0. The maximum atomic E-state index is 4.48. The molecule has 3 rings (SSSR count). The van der Waals surface area contributed by atoms with Gasteiger partial charge in [-0.25, -0.2) is 4.98 Å². The van der Waals surface area contributed by atoms with Crippen LogP contribution < -0.4 is 0 Å². The topological polar surface area (TPSA) is 17.8 Å². The van der Waals surface area contributed by atoms with Gasteiger partial charge in [-0.05, 0) is 44.0 Å². The lowest BCUT2D eigenvalue weighted by atomic mass is 10.2. The highest BCUT2D eigenvalue weighted by Gasteiger charge is 2.13. The maximum absolute atomic E-state index is 4.48. The molecule has 5 heteroatoms. The first-order valence-electron chi connectivity index (χ1n) is 5.90. The van der Waals surface area contributed by atoms with Crippen molar-refractivity contribution >= 4 is 47.8 Å². The number of benzene rings is 2. The van der Waals surface area contributed by atoms with Gasteiger partial charge in [0.1, 0.15) is 5.82 Å². The summed E-state index contributed by atoms with van der Waals surface area (Å²) >= 11 is 10.7. The van der Waals surface area contributed by atoms with Gasteiger partial charge in [0.05, 0.1) is 5.69 Å². The molecule has 100 valence electrons. The van der Waals surface area contributed by atoms with E-state index >= 15 is 0 Å². The largest absolute Gasteiger partial charge is 0.298 e. The van der Waals surface area contributed by atoms with Crippen LogP contribution in [0.3, 0.4) is 0 Å². The highest BCUT2D eigenvalue weighted by atomic mass is 79.9. The van der Waals surface area contributed by atoms with Crippen molar-refractivity contribution in [3.63, 3.8) is 0 Å². The van der Waals surface area contributed by atoms with E-state index in [1.54, 1.807) is 0 Å². The van der Waals surface area contributed by atoms with Crippen LogP contribution in [0.5, 0.6) is 0 Å². The summed E-state index contributed by atoms with van der Waals surface area (Å²) in [6.07, 6.45) is 3.77. The lowest BCUT2D eigenvalue weighted by Crippen LogP contribution is -1.98. The second kappa shape index (κ2) is 5.84. The predicted octanol–water partition coefficient (Wildman–Crippen LogP) is 5.83. The summed E-state index contributed by atoms with van der Waals surface area (Å²) in [5, 5.41) is 0. The van der Waals surface area contributed by atoms with Gasteiger partial charge in [0.2, 0.25) is 0 Å². The average Bonchev–Trinajstić information content (AvgIpc) is 2.87. The van der Waals surface area contributed by atoms with E-state index < -0.39 is 0 Å². The second-order valence-corrected chi connectivity index (χ2v) is 6.83. The summed E-state index contributed by atoms with van der Waals surface area (Å²) in [5.74, 6) is 0.911. The van der Waals surface area contributed by atoms with Gasteiger partial charge in [-0.3, -0.25) is 4.57 Å². The molecule has 3 aromatic rings. The zero-order chi connectivity index (χ0) is 14.1. The molecule has 0 saturated heterocycles. The highest BCUT2D eigenvalue weighted by Crippen LogP contribution is 2.35. The molecule has 0 bridgehead atoms. The van der Waals surface area contributed by atoms with Crippen LogP contribution in [-0.2, 0) is 0 Å². The summed E-state index contributed by atoms with van der Waals surface area (Å²) in [6, 6.07) is 14.2. The molecule has 0 amide bonds. The third-order valence-corrected chi connectivity index (χ3v) is 4.56. The Morgan fingerprint density at radius 2 is 1.55 bits per heavy atom. The first-order chi connectivity index (χ1) is 9.66. The fourth-order valence-corrected chi connectivity index (χ4v) is 4.69. The summed E-state index contributed by atoms with van der Waals surface area (Å²) in [4.78, 5) is 4.48. The van der Waals surface area contributed by atoms with E-state index in [2.05, 4.69) is 69.5 Å². The molecule has 2 nitrogen and oxygen atoms in total. The second-order valence-electron chi connectivity index (χ2n) is 4.20. The zero-order valence-corrected chi connectivity index (χ0v) is 15.0. The Kier molecular flexibility index (Phi) is 4.10. The number of halogens is 3. The molecule has 0 aliphatic rings. The molecular formula is C15H9Br3N2. The minimum Gasteiger partial charge on any atom is -0.298 e. The van der Waals surface area contributed by atoms with E-state index in [9.17, 15) is 0 Å². The van der Waals surface area contributed by atoms with E-state index in [1.807, 2.05) is 42.7 Å². The Balaban J connectivity index is 2.21.